The first-order chi connectivity index (χ1) is 8.69. The van der Waals surface area contributed by atoms with Crippen LogP contribution in [0.1, 0.15) is 15.9 Å². The van der Waals surface area contributed by atoms with Crippen LogP contribution in [0, 0.1) is 11.3 Å². The Morgan fingerprint density at radius 1 is 1.00 bits per heavy atom. The topological polar surface area (TPSA) is 50.1 Å². The third kappa shape index (κ3) is 2.88. The molecule has 0 amide bonds. The monoisotopic (exact) mass is 257 g/mol. The Hall–Kier alpha value is -2.31. The van der Waals surface area contributed by atoms with E-state index in [1.165, 1.54) is 0 Å². The molecule has 0 fully saturated rings. The number of hydrogen-bond donors (Lipinski definition) is 0. The Morgan fingerprint density at radius 2 is 1.50 bits per heavy atom. The van der Waals surface area contributed by atoms with E-state index in [0.29, 0.717) is 22.6 Å². The molecule has 0 saturated carbocycles. The lowest BCUT2D eigenvalue weighted by molar-refractivity contribution is 0.108. The van der Waals surface area contributed by atoms with E-state index in [0.717, 1.165) is 0 Å². The molecule has 0 radical (unpaired) electrons. The molecule has 4 heteroatoms. The fourth-order valence-corrected chi connectivity index (χ4v) is 1.51. The van der Waals surface area contributed by atoms with Gasteiger partial charge >= 0.3 is 0 Å². The van der Waals surface area contributed by atoms with Crippen molar-refractivity contribution in [2.24, 2.45) is 0 Å². The van der Waals surface area contributed by atoms with E-state index in [1.807, 2.05) is 6.07 Å². The highest BCUT2D eigenvalue weighted by Crippen LogP contribution is 2.22. The molecule has 0 saturated heterocycles. The first-order valence-electron chi connectivity index (χ1n) is 5.17. The van der Waals surface area contributed by atoms with Crippen molar-refractivity contribution in [2.75, 3.05) is 0 Å². The molecule has 0 unspecified atom stereocenters. The van der Waals surface area contributed by atoms with Crippen molar-refractivity contribution in [3.8, 4) is 17.6 Å². The molecule has 18 heavy (non-hydrogen) atoms. The molecule has 0 N–H and O–H groups in total. The summed E-state index contributed by atoms with van der Waals surface area (Å²) in [4.78, 5) is 10.9. The van der Waals surface area contributed by atoms with Gasteiger partial charge in [0, 0.05) is 5.56 Å². The minimum Gasteiger partial charge on any atom is -0.457 e. The number of carbonyl (C=O) groups is 1. The molecular formula is C14H8ClNO2. The van der Waals surface area contributed by atoms with E-state index in [2.05, 4.69) is 0 Å². The van der Waals surface area contributed by atoms with Gasteiger partial charge < -0.3 is 4.74 Å². The molecule has 0 heterocycles. The van der Waals surface area contributed by atoms with E-state index >= 15 is 0 Å². The van der Waals surface area contributed by atoms with Gasteiger partial charge in [-0.15, -0.1) is 0 Å². The Labute approximate surface area is 109 Å². The van der Waals surface area contributed by atoms with Crippen molar-refractivity contribution in [3.05, 3.63) is 59.7 Å². The van der Waals surface area contributed by atoms with Gasteiger partial charge in [-0.1, -0.05) is 0 Å². The smallest absolute Gasteiger partial charge is 0.252 e. The quantitative estimate of drug-likeness (QED) is 0.787. The number of rotatable bonds is 3. The van der Waals surface area contributed by atoms with Crippen molar-refractivity contribution in [1.82, 2.24) is 0 Å². The normalized spacial score (nSPS) is 9.56. The molecular weight excluding hydrogens is 250 g/mol. The molecule has 88 valence electrons. The van der Waals surface area contributed by atoms with Crippen LogP contribution in [0.4, 0.5) is 0 Å². The number of carbonyl (C=O) groups excluding carboxylic acids is 1. The zero-order valence-electron chi connectivity index (χ0n) is 9.26. The Bertz CT molecular complexity index is 597. The lowest BCUT2D eigenvalue weighted by atomic mass is 10.2. The fourth-order valence-electron chi connectivity index (χ4n) is 1.39. The van der Waals surface area contributed by atoms with Crippen LogP contribution in [-0.4, -0.2) is 5.24 Å². The third-order valence-electron chi connectivity index (χ3n) is 2.30. The van der Waals surface area contributed by atoms with E-state index in [9.17, 15) is 4.79 Å². The van der Waals surface area contributed by atoms with E-state index < -0.39 is 5.24 Å². The minimum atomic E-state index is -0.500. The van der Waals surface area contributed by atoms with Crippen LogP contribution in [0.3, 0.4) is 0 Å². The van der Waals surface area contributed by atoms with Gasteiger partial charge in [0.1, 0.15) is 11.5 Å². The lowest BCUT2D eigenvalue weighted by Gasteiger charge is -2.05. The van der Waals surface area contributed by atoms with Crippen LogP contribution in [0.2, 0.25) is 0 Å². The molecule has 3 nitrogen and oxygen atoms in total. The first kappa shape index (κ1) is 12.2. The van der Waals surface area contributed by atoms with E-state index in [1.54, 1.807) is 48.5 Å². The average molecular weight is 258 g/mol. The zero-order valence-corrected chi connectivity index (χ0v) is 10.0. The molecule has 2 rings (SSSR count). The molecule has 0 atom stereocenters. The number of nitrogens with zero attached hydrogens (tertiary/aromatic N) is 1. The molecule has 2 aromatic carbocycles. The molecule has 0 aromatic heterocycles. The second kappa shape index (κ2) is 5.35. The Kier molecular flexibility index (Phi) is 3.61. The van der Waals surface area contributed by atoms with Crippen LogP contribution in [-0.2, 0) is 0 Å². The number of halogens is 1. The molecule has 2 aromatic rings. The largest absolute Gasteiger partial charge is 0.457 e. The zero-order chi connectivity index (χ0) is 13.0. The highest BCUT2D eigenvalue weighted by atomic mass is 35.5. The summed E-state index contributed by atoms with van der Waals surface area (Å²) < 4.78 is 5.55. The number of benzene rings is 2. The summed E-state index contributed by atoms with van der Waals surface area (Å²) in [7, 11) is 0. The Morgan fingerprint density at radius 3 is 1.94 bits per heavy atom. The van der Waals surface area contributed by atoms with Crippen molar-refractivity contribution in [3.63, 3.8) is 0 Å². The lowest BCUT2D eigenvalue weighted by Crippen LogP contribution is -1.89. The predicted molar refractivity (Wildman–Crippen MR) is 67.9 cm³/mol. The number of hydrogen-bond acceptors (Lipinski definition) is 3. The minimum absolute atomic E-state index is 0.420. The summed E-state index contributed by atoms with van der Waals surface area (Å²) in [6, 6.07) is 15.3. The average Bonchev–Trinajstić information content (AvgIpc) is 2.40. The maximum atomic E-state index is 10.9. The summed E-state index contributed by atoms with van der Waals surface area (Å²) in [6.07, 6.45) is 0. The summed E-state index contributed by atoms with van der Waals surface area (Å²) in [5, 5.41) is 8.17. The molecule has 0 aliphatic heterocycles. The van der Waals surface area contributed by atoms with E-state index in [-0.39, 0.29) is 0 Å². The predicted octanol–water partition coefficient (Wildman–Crippen LogP) is 3.73. The molecule has 0 spiro atoms. The standard InChI is InChI=1S/C14H8ClNO2/c15-14(17)11-3-7-13(8-4-11)18-12-5-1-10(9-16)2-6-12/h1-8H. The van der Waals surface area contributed by atoms with Crippen molar-refractivity contribution < 1.29 is 9.53 Å². The van der Waals surface area contributed by atoms with Crippen LogP contribution in [0.5, 0.6) is 11.5 Å². The van der Waals surface area contributed by atoms with Gasteiger partial charge in [-0.25, -0.2) is 0 Å². The summed E-state index contributed by atoms with van der Waals surface area (Å²) in [6.45, 7) is 0. The summed E-state index contributed by atoms with van der Waals surface area (Å²) >= 11 is 5.34. The van der Waals surface area contributed by atoms with Crippen LogP contribution in [0.25, 0.3) is 0 Å². The SMILES string of the molecule is N#Cc1ccc(Oc2ccc(C(=O)Cl)cc2)cc1. The Balaban J connectivity index is 2.13. The van der Waals surface area contributed by atoms with Crippen molar-refractivity contribution in [2.45, 2.75) is 0 Å². The maximum absolute atomic E-state index is 10.9. The maximum Gasteiger partial charge on any atom is 0.252 e. The van der Waals surface area contributed by atoms with E-state index in [4.69, 9.17) is 21.6 Å². The summed E-state index contributed by atoms with van der Waals surface area (Å²) in [5.74, 6) is 1.22. The number of nitriles is 1. The van der Waals surface area contributed by atoms with Gasteiger partial charge in [0.15, 0.2) is 0 Å². The van der Waals surface area contributed by atoms with Gasteiger partial charge in [-0.3, -0.25) is 4.79 Å². The molecule has 0 bridgehead atoms. The van der Waals surface area contributed by atoms with Gasteiger partial charge in [0.25, 0.3) is 5.24 Å². The van der Waals surface area contributed by atoms with Gasteiger partial charge in [-0.2, -0.15) is 5.26 Å². The highest BCUT2D eigenvalue weighted by Gasteiger charge is 2.02. The van der Waals surface area contributed by atoms with Crippen LogP contribution in [0.15, 0.2) is 48.5 Å². The second-order valence-corrected chi connectivity index (χ2v) is 3.88. The van der Waals surface area contributed by atoms with Crippen LogP contribution >= 0.6 is 11.6 Å². The molecule has 0 aliphatic rings. The summed E-state index contributed by atoms with van der Waals surface area (Å²) in [5.41, 5.74) is 0.995. The van der Waals surface area contributed by atoms with Crippen molar-refractivity contribution >= 4 is 16.8 Å². The molecule has 0 aliphatic carbocycles. The second-order valence-electron chi connectivity index (χ2n) is 3.54. The van der Waals surface area contributed by atoms with Crippen molar-refractivity contribution in [1.29, 1.82) is 5.26 Å². The van der Waals surface area contributed by atoms with Gasteiger partial charge in [-0.05, 0) is 60.1 Å². The van der Waals surface area contributed by atoms with Gasteiger partial charge in [0.2, 0.25) is 0 Å². The van der Waals surface area contributed by atoms with Crippen LogP contribution < -0.4 is 4.74 Å². The highest BCUT2D eigenvalue weighted by molar-refractivity contribution is 6.67. The number of ether oxygens (including phenoxy) is 1. The third-order valence-corrected chi connectivity index (χ3v) is 2.52. The first-order valence-corrected chi connectivity index (χ1v) is 5.55. The van der Waals surface area contributed by atoms with Gasteiger partial charge in [0.05, 0.1) is 11.6 Å². The fraction of sp³-hybridized carbons (Fsp3) is 0.